The number of rotatable bonds is 4. The van der Waals surface area contributed by atoms with Crippen molar-refractivity contribution in [3.05, 3.63) is 28.3 Å². The van der Waals surface area contributed by atoms with Gasteiger partial charge in [-0.25, -0.2) is 8.42 Å². The minimum atomic E-state index is -3.05. The highest BCUT2D eigenvalue weighted by molar-refractivity contribution is 7.91. The lowest BCUT2D eigenvalue weighted by Gasteiger charge is -2.25. The van der Waals surface area contributed by atoms with Crippen LogP contribution >= 0.6 is 0 Å². The normalized spacial score (nSPS) is 20.6. The van der Waals surface area contributed by atoms with E-state index < -0.39 is 14.8 Å². The number of nitrogens with zero attached hydrogens (tertiary/aromatic N) is 2. The summed E-state index contributed by atoms with van der Waals surface area (Å²) >= 11 is 0. The summed E-state index contributed by atoms with van der Waals surface area (Å²) in [6.45, 7) is 0. The summed E-state index contributed by atoms with van der Waals surface area (Å²) in [4.78, 5) is 12.3. The van der Waals surface area contributed by atoms with Crippen molar-refractivity contribution < 1.29 is 13.3 Å². The minimum absolute atomic E-state index is 0.0148. The van der Waals surface area contributed by atoms with Gasteiger partial charge in [0.1, 0.15) is 11.4 Å². The quantitative estimate of drug-likeness (QED) is 0.472. The summed E-state index contributed by atoms with van der Waals surface area (Å²) in [7, 11) is -1.39. The van der Waals surface area contributed by atoms with E-state index in [1.165, 1.54) is 6.07 Å². The lowest BCUT2D eigenvalue weighted by molar-refractivity contribution is -0.383. The monoisotopic (exact) mass is 300 g/mol. The number of sulfone groups is 1. The highest BCUT2D eigenvalue weighted by atomic mass is 32.2. The van der Waals surface area contributed by atoms with Gasteiger partial charge in [-0.3, -0.25) is 16.0 Å². The van der Waals surface area contributed by atoms with Gasteiger partial charge in [-0.15, -0.1) is 0 Å². The molecule has 0 radical (unpaired) electrons. The molecule has 1 fully saturated rings. The van der Waals surface area contributed by atoms with Crippen molar-refractivity contribution in [1.29, 1.82) is 0 Å². The molecule has 0 amide bonds. The Kier molecular flexibility index (Phi) is 3.82. The largest absolute Gasteiger partial charge is 0.365 e. The molecule has 20 heavy (non-hydrogen) atoms. The van der Waals surface area contributed by atoms with E-state index in [0.29, 0.717) is 12.1 Å². The number of para-hydroxylation sites is 1. The van der Waals surface area contributed by atoms with Gasteiger partial charge in [-0.05, 0) is 18.6 Å². The van der Waals surface area contributed by atoms with E-state index in [1.54, 1.807) is 24.1 Å². The van der Waals surface area contributed by atoms with Crippen LogP contribution in [-0.2, 0) is 9.84 Å². The zero-order chi connectivity index (χ0) is 14.9. The molecule has 0 spiro atoms. The summed E-state index contributed by atoms with van der Waals surface area (Å²) < 4.78 is 23.1. The van der Waals surface area contributed by atoms with Crippen molar-refractivity contribution in [2.45, 2.75) is 12.5 Å². The average Bonchev–Trinajstić information content (AvgIpc) is 2.77. The summed E-state index contributed by atoms with van der Waals surface area (Å²) in [6, 6.07) is 4.47. The second-order valence-electron chi connectivity index (χ2n) is 4.74. The van der Waals surface area contributed by atoms with Gasteiger partial charge < -0.3 is 10.3 Å². The number of nitrogens with one attached hydrogen (secondary N) is 1. The number of nitro benzene ring substituents is 1. The molecule has 110 valence electrons. The first kappa shape index (κ1) is 14.5. The Morgan fingerprint density at radius 3 is 2.70 bits per heavy atom. The Balaban J connectivity index is 2.40. The van der Waals surface area contributed by atoms with Gasteiger partial charge in [0.25, 0.3) is 0 Å². The number of hydrazine groups is 1. The van der Waals surface area contributed by atoms with Gasteiger partial charge in [-0.2, -0.15) is 0 Å². The number of anilines is 2. The van der Waals surface area contributed by atoms with Gasteiger partial charge in [0.05, 0.1) is 16.4 Å². The zero-order valence-corrected chi connectivity index (χ0v) is 11.8. The van der Waals surface area contributed by atoms with Crippen molar-refractivity contribution in [2.75, 3.05) is 28.9 Å². The second-order valence-corrected chi connectivity index (χ2v) is 6.97. The molecule has 8 nitrogen and oxygen atoms in total. The first-order valence-electron chi connectivity index (χ1n) is 6.03. The molecule has 1 unspecified atom stereocenters. The van der Waals surface area contributed by atoms with Gasteiger partial charge in [-0.1, -0.05) is 6.07 Å². The number of benzene rings is 1. The summed E-state index contributed by atoms with van der Waals surface area (Å²) in [6.07, 6.45) is 0.469. The highest BCUT2D eigenvalue weighted by Crippen LogP contribution is 2.36. The molecule has 0 bridgehead atoms. The molecule has 0 aliphatic carbocycles. The first-order valence-corrected chi connectivity index (χ1v) is 7.85. The lowest BCUT2D eigenvalue weighted by Crippen LogP contribution is -2.33. The van der Waals surface area contributed by atoms with Crippen molar-refractivity contribution in [3.63, 3.8) is 0 Å². The van der Waals surface area contributed by atoms with Crippen molar-refractivity contribution in [1.82, 2.24) is 0 Å². The van der Waals surface area contributed by atoms with Crippen LogP contribution in [0.3, 0.4) is 0 Å². The maximum absolute atomic E-state index is 11.5. The molecule has 1 aromatic rings. The molecule has 0 saturated carbocycles. The average molecular weight is 300 g/mol. The van der Waals surface area contributed by atoms with E-state index in [1.807, 2.05) is 0 Å². The van der Waals surface area contributed by atoms with E-state index in [0.717, 1.165) is 0 Å². The second kappa shape index (κ2) is 5.25. The fourth-order valence-electron chi connectivity index (χ4n) is 2.40. The van der Waals surface area contributed by atoms with Gasteiger partial charge in [0.15, 0.2) is 9.84 Å². The molecule has 1 heterocycles. The first-order chi connectivity index (χ1) is 9.35. The zero-order valence-electron chi connectivity index (χ0n) is 10.9. The van der Waals surface area contributed by atoms with E-state index in [9.17, 15) is 18.5 Å². The van der Waals surface area contributed by atoms with Crippen LogP contribution in [0.1, 0.15) is 6.42 Å². The summed E-state index contributed by atoms with van der Waals surface area (Å²) in [5, 5.41) is 11.2. The fraction of sp³-hybridized carbons (Fsp3) is 0.455. The van der Waals surface area contributed by atoms with Gasteiger partial charge in [0.2, 0.25) is 0 Å². The van der Waals surface area contributed by atoms with E-state index in [-0.39, 0.29) is 28.9 Å². The topological polar surface area (TPSA) is 119 Å². The number of hydrogen-bond acceptors (Lipinski definition) is 7. The SMILES string of the molecule is CN(c1cccc(NN)c1[N+](=O)[O-])C1CCS(=O)(=O)C1. The van der Waals surface area contributed by atoms with Crippen LogP contribution in [0, 0.1) is 10.1 Å². The number of nitrogen functional groups attached to an aromatic ring is 1. The Morgan fingerprint density at radius 2 is 2.20 bits per heavy atom. The van der Waals surface area contributed by atoms with Gasteiger partial charge in [0, 0.05) is 13.1 Å². The molecule has 3 N–H and O–H groups in total. The van der Waals surface area contributed by atoms with Gasteiger partial charge >= 0.3 is 5.69 Å². The van der Waals surface area contributed by atoms with Crippen LogP contribution in [0.25, 0.3) is 0 Å². The molecule has 1 aromatic carbocycles. The van der Waals surface area contributed by atoms with Crippen LogP contribution in [0.15, 0.2) is 18.2 Å². The molecule has 1 saturated heterocycles. The van der Waals surface area contributed by atoms with E-state index in [2.05, 4.69) is 5.43 Å². The summed E-state index contributed by atoms with van der Waals surface area (Å²) in [5.41, 5.74) is 2.69. The molecule has 1 atom stereocenters. The molecule has 0 aromatic heterocycles. The van der Waals surface area contributed by atoms with Crippen LogP contribution in [-0.4, -0.2) is 37.9 Å². The Labute approximate surface area is 116 Å². The van der Waals surface area contributed by atoms with E-state index in [4.69, 9.17) is 5.84 Å². The number of hydrogen-bond donors (Lipinski definition) is 2. The van der Waals surface area contributed by atoms with Crippen molar-refractivity contribution in [2.24, 2.45) is 5.84 Å². The number of nitro groups is 1. The standard InChI is InChI=1S/C11H16N4O4S/c1-14(8-5-6-20(18,19)7-8)10-4-2-3-9(13-12)11(10)15(16)17/h2-4,8,13H,5-7,12H2,1H3. The van der Waals surface area contributed by atoms with Crippen molar-refractivity contribution >= 4 is 26.9 Å². The molecule has 1 aliphatic rings. The lowest BCUT2D eigenvalue weighted by atomic mass is 10.1. The highest BCUT2D eigenvalue weighted by Gasteiger charge is 2.33. The summed E-state index contributed by atoms with van der Waals surface area (Å²) in [5.74, 6) is 5.42. The van der Waals surface area contributed by atoms with E-state index >= 15 is 0 Å². The maximum Gasteiger partial charge on any atom is 0.316 e. The minimum Gasteiger partial charge on any atom is -0.365 e. The predicted octanol–water partition coefficient (Wildman–Crippen LogP) is 0.504. The number of nitrogens with two attached hydrogens (primary N) is 1. The maximum atomic E-state index is 11.5. The molecule has 2 rings (SSSR count). The Hall–Kier alpha value is -1.87. The van der Waals surface area contributed by atoms with Crippen LogP contribution in [0.5, 0.6) is 0 Å². The third-order valence-corrected chi connectivity index (χ3v) is 5.24. The van der Waals surface area contributed by atoms with Crippen LogP contribution in [0.4, 0.5) is 17.1 Å². The Morgan fingerprint density at radius 1 is 1.50 bits per heavy atom. The third kappa shape index (κ3) is 2.68. The Bertz CT molecular complexity index is 631. The molecular weight excluding hydrogens is 284 g/mol. The smallest absolute Gasteiger partial charge is 0.316 e. The third-order valence-electron chi connectivity index (χ3n) is 3.49. The molecule has 1 aliphatic heterocycles. The van der Waals surface area contributed by atoms with Crippen molar-refractivity contribution in [3.8, 4) is 0 Å². The fourth-order valence-corrected chi connectivity index (χ4v) is 4.18. The van der Waals surface area contributed by atoms with Crippen LogP contribution < -0.4 is 16.2 Å². The molecule has 9 heteroatoms. The predicted molar refractivity (Wildman–Crippen MR) is 76.4 cm³/mol. The molecular formula is C11H16N4O4S. The van der Waals surface area contributed by atoms with Crippen LogP contribution in [0.2, 0.25) is 0 Å².